The molecule has 1 aromatic heterocycles. The van der Waals surface area contributed by atoms with Crippen LogP contribution in [-0.2, 0) is 29.2 Å². The summed E-state index contributed by atoms with van der Waals surface area (Å²) in [5.41, 5.74) is 0.541. The molecule has 1 saturated carbocycles. The van der Waals surface area contributed by atoms with Gasteiger partial charge in [0.1, 0.15) is 5.82 Å². The first kappa shape index (κ1) is 22.8. The van der Waals surface area contributed by atoms with E-state index in [2.05, 4.69) is 10.2 Å². The minimum Gasteiger partial charge on any atom is -0.335 e. The third-order valence-electron chi connectivity index (χ3n) is 6.04. The molecule has 7 nitrogen and oxygen atoms in total. The number of hydrogen-bond donors (Lipinski definition) is 0. The third kappa shape index (κ3) is 5.49. The van der Waals surface area contributed by atoms with Crippen molar-refractivity contribution in [3.63, 3.8) is 0 Å². The fourth-order valence-electron chi connectivity index (χ4n) is 4.06. The number of hydrogen-bond acceptors (Lipinski definition) is 5. The summed E-state index contributed by atoms with van der Waals surface area (Å²) in [5, 5.41) is 9.30. The lowest BCUT2D eigenvalue weighted by molar-refractivity contribution is -0.131. The third-order valence-corrected chi connectivity index (χ3v) is 7.00. The quantitative estimate of drug-likeness (QED) is 0.536. The average molecular weight is 460 g/mol. The van der Waals surface area contributed by atoms with Crippen LogP contribution in [0.4, 0.5) is 4.39 Å². The molecule has 32 heavy (non-hydrogen) atoms. The Kier molecular flexibility index (Phi) is 7.44. The van der Waals surface area contributed by atoms with Crippen molar-refractivity contribution in [1.82, 2.24) is 24.6 Å². The molecular formula is C23H30FN5O2S. The lowest BCUT2D eigenvalue weighted by Gasteiger charge is -2.23. The predicted octanol–water partition coefficient (Wildman–Crippen LogP) is 3.62. The second-order valence-electron chi connectivity index (χ2n) is 8.40. The van der Waals surface area contributed by atoms with E-state index in [-0.39, 0.29) is 29.4 Å². The summed E-state index contributed by atoms with van der Waals surface area (Å²) < 4.78 is 16.1. The van der Waals surface area contributed by atoms with E-state index in [0.29, 0.717) is 36.8 Å². The molecule has 1 aliphatic carbocycles. The van der Waals surface area contributed by atoms with Crippen molar-refractivity contribution in [3.8, 4) is 0 Å². The normalized spacial score (nSPS) is 16.8. The Morgan fingerprint density at radius 3 is 2.78 bits per heavy atom. The van der Waals surface area contributed by atoms with Crippen molar-refractivity contribution in [2.75, 3.05) is 12.3 Å². The number of aromatic nitrogens is 3. The van der Waals surface area contributed by atoms with Gasteiger partial charge in [-0.25, -0.2) is 4.39 Å². The van der Waals surface area contributed by atoms with E-state index in [1.807, 2.05) is 16.4 Å². The van der Waals surface area contributed by atoms with Gasteiger partial charge in [0.25, 0.3) is 0 Å². The Hall–Kier alpha value is -2.42. The van der Waals surface area contributed by atoms with E-state index < -0.39 is 0 Å². The van der Waals surface area contributed by atoms with Crippen molar-refractivity contribution in [2.24, 2.45) is 0 Å². The van der Waals surface area contributed by atoms with Crippen LogP contribution in [0.5, 0.6) is 0 Å². The van der Waals surface area contributed by atoms with Gasteiger partial charge >= 0.3 is 0 Å². The van der Waals surface area contributed by atoms with E-state index in [1.165, 1.54) is 17.8 Å². The van der Waals surface area contributed by atoms with Crippen LogP contribution < -0.4 is 0 Å². The van der Waals surface area contributed by atoms with Crippen molar-refractivity contribution >= 4 is 23.6 Å². The summed E-state index contributed by atoms with van der Waals surface area (Å²) in [6, 6.07) is 6.81. The number of benzene rings is 1. The van der Waals surface area contributed by atoms with Crippen molar-refractivity contribution in [3.05, 3.63) is 41.5 Å². The van der Waals surface area contributed by atoms with Gasteiger partial charge in [0, 0.05) is 37.7 Å². The average Bonchev–Trinajstić information content (AvgIpc) is 3.58. The number of thioether (sulfide) groups is 1. The second kappa shape index (κ2) is 10.5. The summed E-state index contributed by atoms with van der Waals surface area (Å²) in [7, 11) is 0. The predicted molar refractivity (Wildman–Crippen MR) is 120 cm³/mol. The van der Waals surface area contributed by atoms with Crippen LogP contribution in [0.25, 0.3) is 0 Å². The van der Waals surface area contributed by atoms with Crippen LogP contribution in [0, 0.1) is 5.82 Å². The number of halogens is 1. The lowest BCUT2D eigenvalue weighted by atomic mass is 10.2. The second-order valence-corrected chi connectivity index (χ2v) is 9.34. The maximum Gasteiger partial charge on any atom is 0.233 e. The molecule has 0 radical (unpaired) electrons. The van der Waals surface area contributed by atoms with Gasteiger partial charge in [0.15, 0.2) is 11.0 Å². The topological polar surface area (TPSA) is 71.3 Å². The Balaban J connectivity index is 1.39. The summed E-state index contributed by atoms with van der Waals surface area (Å²) in [6.45, 7) is 4.18. The highest BCUT2D eigenvalue weighted by atomic mass is 32.2. The zero-order valence-corrected chi connectivity index (χ0v) is 19.3. The van der Waals surface area contributed by atoms with Crippen molar-refractivity contribution < 1.29 is 14.0 Å². The zero-order valence-electron chi connectivity index (χ0n) is 18.5. The molecule has 2 amide bonds. The van der Waals surface area contributed by atoms with Gasteiger partial charge in [-0.1, -0.05) is 36.4 Å². The molecule has 0 unspecified atom stereocenters. The summed E-state index contributed by atoms with van der Waals surface area (Å²) in [5.74, 6) is 0.854. The molecule has 9 heteroatoms. The van der Waals surface area contributed by atoms with Crippen LogP contribution >= 0.6 is 11.8 Å². The fraction of sp³-hybridized carbons (Fsp3) is 0.565. The smallest absolute Gasteiger partial charge is 0.233 e. The van der Waals surface area contributed by atoms with Gasteiger partial charge < -0.3 is 14.4 Å². The molecule has 2 aliphatic rings. The number of amides is 2. The first-order chi connectivity index (χ1) is 15.6. The number of rotatable bonds is 9. The number of nitrogens with zero attached hydrogens (tertiary/aromatic N) is 5. The highest BCUT2D eigenvalue weighted by molar-refractivity contribution is 7.99. The molecule has 1 aliphatic heterocycles. The first-order valence-electron chi connectivity index (χ1n) is 11.4. The van der Waals surface area contributed by atoms with Crippen molar-refractivity contribution in [1.29, 1.82) is 0 Å². The Labute approximate surface area is 192 Å². The van der Waals surface area contributed by atoms with Gasteiger partial charge in [-0.15, -0.1) is 10.2 Å². The maximum atomic E-state index is 14.1. The standard InChI is InChI=1S/C23H30FN5O2S/c1-2-28-20(15-27-13-7-3-4-10-21(27)30)25-26-23(28)32-16-22(31)29(18-11-12-18)14-17-8-5-6-9-19(17)24/h5-6,8-9,18H,2-4,7,10-16H2,1H3. The van der Waals surface area contributed by atoms with E-state index in [9.17, 15) is 14.0 Å². The number of carbonyl (C=O) groups is 2. The Bertz CT molecular complexity index is 962. The first-order valence-corrected chi connectivity index (χ1v) is 12.4. The maximum absolute atomic E-state index is 14.1. The molecule has 0 atom stereocenters. The van der Waals surface area contributed by atoms with Crippen LogP contribution in [-0.4, -0.2) is 54.7 Å². The molecule has 0 N–H and O–H groups in total. The van der Waals surface area contributed by atoms with Gasteiger partial charge in [0.2, 0.25) is 11.8 Å². The summed E-state index contributed by atoms with van der Waals surface area (Å²) in [6.07, 6.45) is 5.56. The van der Waals surface area contributed by atoms with Gasteiger partial charge in [-0.05, 0) is 38.7 Å². The van der Waals surface area contributed by atoms with Crippen LogP contribution in [0.2, 0.25) is 0 Å². The Morgan fingerprint density at radius 2 is 2.03 bits per heavy atom. The largest absolute Gasteiger partial charge is 0.335 e. The van der Waals surface area contributed by atoms with Crippen LogP contribution in [0.15, 0.2) is 29.4 Å². The van der Waals surface area contributed by atoms with E-state index in [0.717, 1.165) is 44.5 Å². The van der Waals surface area contributed by atoms with Gasteiger partial charge in [-0.3, -0.25) is 9.59 Å². The molecule has 2 heterocycles. The molecule has 1 saturated heterocycles. The van der Waals surface area contributed by atoms with E-state index in [1.54, 1.807) is 23.1 Å². The number of likely N-dealkylation sites (tertiary alicyclic amines) is 1. The molecule has 0 bridgehead atoms. The fourth-order valence-corrected chi connectivity index (χ4v) is 4.97. The highest BCUT2D eigenvalue weighted by Gasteiger charge is 2.33. The monoisotopic (exact) mass is 459 g/mol. The molecule has 1 aromatic carbocycles. The summed E-state index contributed by atoms with van der Waals surface area (Å²) >= 11 is 1.36. The van der Waals surface area contributed by atoms with Gasteiger partial charge in [0.05, 0.1) is 12.3 Å². The Morgan fingerprint density at radius 1 is 1.22 bits per heavy atom. The minimum atomic E-state index is -0.281. The van der Waals surface area contributed by atoms with Crippen LogP contribution in [0.1, 0.15) is 56.8 Å². The molecule has 2 fully saturated rings. The molecule has 0 spiro atoms. The highest BCUT2D eigenvalue weighted by Crippen LogP contribution is 2.30. The summed E-state index contributed by atoms with van der Waals surface area (Å²) in [4.78, 5) is 29.0. The zero-order chi connectivity index (χ0) is 22.5. The number of carbonyl (C=O) groups excluding carboxylic acids is 2. The molecule has 2 aromatic rings. The van der Waals surface area contributed by atoms with Gasteiger partial charge in [-0.2, -0.15) is 0 Å². The lowest BCUT2D eigenvalue weighted by Crippen LogP contribution is -2.34. The molecule has 4 rings (SSSR count). The van der Waals surface area contributed by atoms with E-state index in [4.69, 9.17) is 0 Å². The molecule has 172 valence electrons. The van der Waals surface area contributed by atoms with E-state index >= 15 is 0 Å². The van der Waals surface area contributed by atoms with Crippen molar-refractivity contribution in [2.45, 2.75) is 76.3 Å². The SMILES string of the molecule is CCn1c(CN2CCCCCC2=O)nnc1SCC(=O)N(Cc1ccccc1F)C1CC1. The molecular weight excluding hydrogens is 429 g/mol. The van der Waals surface area contributed by atoms with Crippen LogP contribution in [0.3, 0.4) is 0 Å². The minimum absolute atomic E-state index is 0.0179.